The van der Waals surface area contributed by atoms with E-state index in [9.17, 15) is 0 Å². The van der Waals surface area contributed by atoms with E-state index in [1.807, 2.05) is 0 Å². The van der Waals surface area contributed by atoms with E-state index in [0.29, 0.717) is 0 Å². The van der Waals surface area contributed by atoms with E-state index in [4.69, 9.17) is 0 Å². The molecule has 0 N–H and O–H groups in total. The van der Waals surface area contributed by atoms with Crippen molar-refractivity contribution < 1.29 is 0 Å². The fourth-order valence-corrected chi connectivity index (χ4v) is 6.59. The molecule has 48 heavy (non-hydrogen) atoms. The number of para-hydroxylation sites is 2. The third-order valence-electron chi connectivity index (χ3n) is 8.81. The first kappa shape index (κ1) is 29.1. The molecular weight excluding hydrogens is 581 g/mol. The Bertz CT molecular complexity index is 2120. The van der Waals surface area contributed by atoms with Crippen molar-refractivity contribution in [2.75, 3.05) is 9.80 Å². The van der Waals surface area contributed by atoms with Gasteiger partial charge in [0, 0.05) is 33.5 Å². The van der Waals surface area contributed by atoms with Gasteiger partial charge in [-0.2, -0.15) is 0 Å². The van der Waals surface area contributed by atoms with Crippen LogP contribution in [0.1, 0.15) is 0 Å². The standard InChI is InChI=1S/C46H34N2/c1-5-17-35(18-6-1)37-21-13-27-41(33-37)47(39-23-9-3-10-24-39)45-31-15-30-44-43(45)29-16-32-46(44)48(40-25-11-4-12-26-40)42-28-14-22-38(34-42)36-19-7-2-8-20-36/h1-34H. The second-order valence-electron chi connectivity index (χ2n) is 11.8. The highest BCUT2D eigenvalue weighted by Crippen LogP contribution is 2.45. The van der Waals surface area contributed by atoms with Crippen LogP contribution in [0.25, 0.3) is 33.0 Å². The van der Waals surface area contributed by atoms with E-state index < -0.39 is 0 Å². The van der Waals surface area contributed by atoms with Crippen molar-refractivity contribution in [3.63, 3.8) is 0 Å². The molecule has 8 aromatic carbocycles. The normalized spacial score (nSPS) is 10.9. The summed E-state index contributed by atoms with van der Waals surface area (Å²) in [6.45, 7) is 0. The highest BCUT2D eigenvalue weighted by molar-refractivity contribution is 6.07. The zero-order valence-electron chi connectivity index (χ0n) is 26.5. The van der Waals surface area contributed by atoms with Gasteiger partial charge in [0.2, 0.25) is 0 Å². The van der Waals surface area contributed by atoms with Gasteiger partial charge in [0.15, 0.2) is 0 Å². The fourth-order valence-electron chi connectivity index (χ4n) is 6.59. The highest BCUT2D eigenvalue weighted by Gasteiger charge is 2.20. The van der Waals surface area contributed by atoms with E-state index in [0.717, 1.165) is 34.1 Å². The maximum absolute atomic E-state index is 2.38. The molecule has 2 nitrogen and oxygen atoms in total. The number of hydrogen-bond acceptors (Lipinski definition) is 2. The Labute approximate surface area is 282 Å². The molecule has 0 aromatic heterocycles. The van der Waals surface area contributed by atoms with Crippen molar-refractivity contribution in [1.82, 2.24) is 0 Å². The molecule has 0 amide bonds. The smallest absolute Gasteiger partial charge is 0.0540 e. The first-order valence-corrected chi connectivity index (χ1v) is 16.4. The summed E-state index contributed by atoms with van der Waals surface area (Å²) < 4.78 is 0. The lowest BCUT2D eigenvalue weighted by Gasteiger charge is -2.30. The Balaban J connectivity index is 1.32. The lowest BCUT2D eigenvalue weighted by Crippen LogP contribution is -2.12. The molecule has 228 valence electrons. The van der Waals surface area contributed by atoms with Crippen LogP contribution in [0, 0.1) is 0 Å². The van der Waals surface area contributed by atoms with E-state index in [-0.39, 0.29) is 0 Å². The van der Waals surface area contributed by atoms with Crippen LogP contribution in [0.15, 0.2) is 206 Å². The SMILES string of the molecule is c1ccc(-c2cccc(N(c3ccccc3)c3cccc4c(N(c5ccccc5)c5cccc(-c6ccccc6)c5)cccc34)c2)cc1. The second-order valence-corrected chi connectivity index (χ2v) is 11.8. The molecule has 0 spiro atoms. The average Bonchev–Trinajstić information content (AvgIpc) is 3.17. The van der Waals surface area contributed by atoms with Gasteiger partial charge in [0.05, 0.1) is 11.4 Å². The summed E-state index contributed by atoms with van der Waals surface area (Å²) in [5.74, 6) is 0. The van der Waals surface area contributed by atoms with Crippen LogP contribution in [0.3, 0.4) is 0 Å². The first-order chi connectivity index (χ1) is 23.8. The van der Waals surface area contributed by atoms with Gasteiger partial charge in [-0.05, 0) is 82.9 Å². The number of fused-ring (bicyclic) bond motifs is 1. The zero-order valence-corrected chi connectivity index (χ0v) is 26.5. The molecule has 0 aliphatic heterocycles. The summed E-state index contributed by atoms with van der Waals surface area (Å²) in [7, 11) is 0. The molecule has 0 fully saturated rings. The van der Waals surface area contributed by atoms with Crippen LogP contribution in [-0.2, 0) is 0 Å². The lowest BCUT2D eigenvalue weighted by molar-refractivity contribution is 1.28. The van der Waals surface area contributed by atoms with Crippen molar-refractivity contribution in [2.24, 2.45) is 0 Å². The van der Waals surface area contributed by atoms with Crippen LogP contribution in [-0.4, -0.2) is 0 Å². The maximum atomic E-state index is 2.38. The number of anilines is 6. The molecule has 8 aromatic rings. The molecule has 0 bridgehead atoms. The van der Waals surface area contributed by atoms with Crippen molar-refractivity contribution in [3.05, 3.63) is 206 Å². The van der Waals surface area contributed by atoms with Crippen molar-refractivity contribution in [2.45, 2.75) is 0 Å². The quantitative estimate of drug-likeness (QED) is 0.168. The van der Waals surface area contributed by atoms with E-state index in [2.05, 4.69) is 216 Å². The van der Waals surface area contributed by atoms with Gasteiger partial charge in [-0.1, -0.05) is 146 Å². The number of nitrogens with zero attached hydrogens (tertiary/aromatic N) is 2. The zero-order chi connectivity index (χ0) is 32.1. The molecule has 0 aliphatic carbocycles. The molecule has 0 aliphatic rings. The molecule has 0 saturated carbocycles. The highest BCUT2D eigenvalue weighted by atomic mass is 15.2. The Kier molecular flexibility index (Phi) is 7.96. The largest absolute Gasteiger partial charge is 0.310 e. The summed E-state index contributed by atoms with van der Waals surface area (Å²) >= 11 is 0. The maximum Gasteiger partial charge on any atom is 0.0540 e. The van der Waals surface area contributed by atoms with Gasteiger partial charge in [-0.15, -0.1) is 0 Å². The number of rotatable bonds is 8. The summed E-state index contributed by atoms with van der Waals surface area (Å²) in [5.41, 5.74) is 11.4. The van der Waals surface area contributed by atoms with Crippen LogP contribution < -0.4 is 9.80 Å². The topological polar surface area (TPSA) is 6.48 Å². The predicted molar refractivity (Wildman–Crippen MR) is 204 cm³/mol. The molecule has 0 radical (unpaired) electrons. The summed E-state index contributed by atoms with van der Waals surface area (Å²) in [6.07, 6.45) is 0. The van der Waals surface area contributed by atoms with Crippen molar-refractivity contribution in [1.29, 1.82) is 0 Å². The minimum absolute atomic E-state index is 1.11. The third kappa shape index (κ3) is 5.72. The lowest BCUT2D eigenvalue weighted by atomic mass is 10.0. The third-order valence-corrected chi connectivity index (χ3v) is 8.81. The first-order valence-electron chi connectivity index (χ1n) is 16.4. The summed E-state index contributed by atoms with van der Waals surface area (Å²) in [4.78, 5) is 4.75. The monoisotopic (exact) mass is 614 g/mol. The Morgan fingerprint density at radius 1 is 0.229 bits per heavy atom. The van der Waals surface area contributed by atoms with Gasteiger partial charge >= 0.3 is 0 Å². The van der Waals surface area contributed by atoms with Crippen LogP contribution in [0.4, 0.5) is 34.1 Å². The van der Waals surface area contributed by atoms with E-state index in [1.165, 1.54) is 33.0 Å². The molecule has 0 heterocycles. The fraction of sp³-hybridized carbons (Fsp3) is 0. The summed E-state index contributed by atoms with van der Waals surface area (Å²) in [6, 6.07) is 73.5. The Morgan fingerprint density at radius 2 is 0.542 bits per heavy atom. The van der Waals surface area contributed by atoms with Crippen LogP contribution in [0.5, 0.6) is 0 Å². The van der Waals surface area contributed by atoms with Gasteiger partial charge in [0.1, 0.15) is 0 Å². The molecule has 8 rings (SSSR count). The molecule has 0 saturated heterocycles. The molecule has 0 atom stereocenters. The van der Waals surface area contributed by atoms with Crippen molar-refractivity contribution >= 4 is 44.9 Å². The summed E-state index contributed by atoms with van der Waals surface area (Å²) in [5, 5.41) is 2.34. The van der Waals surface area contributed by atoms with Crippen LogP contribution >= 0.6 is 0 Å². The number of benzene rings is 8. The molecule has 0 unspecified atom stereocenters. The Hall–Kier alpha value is -6.38. The minimum atomic E-state index is 1.11. The number of hydrogen-bond donors (Lipinski definition) is 0. The predicted octanol–water partition coefficient (Wildman–Crippen LogP) is 13.1. The molecular formula is C46H34N2. The molecule has 2 heteroatoms. The van der Waals surface area contributed by atoms with Gasteiger partial charge in [0.25, 0.3) is 0 Å². The van der Waals surface area contributed by atoms with Gasteiger partial charge in [-0.3, -0.25) is 0 Å². The van der Waals surface area contributed by atoms with Crippen LogP contribution in [0.2, 0.25) is 0 Å². The average molecular weight is 615 g/mol. The Morgan fingerprint density at radius 3 is 0.938 bits per heavy atom. The van der Waals surface area contributed by atoms with Gasteiger partial charge < -0.3 is 9.80 Å². The van der Waals surface area contributed by atoms with E-state index >= 15 is 0 Å². The van der Waals surface area contributed by atoms with E-state index in [1.54, 1.807) is 0 Å². The van der Waals surface area contributed by atoms with Gasteiger partial charge in [-0.25, -0.2) is 0 Å². The second kappa shape index (κ2) is 13.2. The van der Waals surface area contributed by atoms with Crippen molar-refractivity contribution in [3.8, 4) is 22.3 Å². The minimum Gasteiger partial charge on any atom is -0.310 e.